The summed E-state index contributed by atoms with van der Waals surface area (Å²) in [6.45, 7) is 7.72. The highest BCUT2D eigenvalue weighted by molar-refractivity contribution is 7.19. The monoisotopic (exact) mass is 350 g/mol. The Labute approximate surface area is 154 Å². The Balaban J connectivity index is 1.63. The van der Waals surface area contributed by atoms with Crippen LogP contribution >= 0.6 is 11.3 Å². The van der Waals surface area contributed by atoms with Crippen LogP contribution in [0.3, 0.4) is 0 Å². The van der Waals surface area contributed by atoms with Crippen molar-refractivity contribution in [1.82, 2.24) is 0 Å². The lowest BCUT2D eigenvalue weighted by Crippen LogP contribution is -2.12. The molecule has 1 aromatic heterocycles. The summed E-state index contributed by atoms with van der Waals surface area (Å²) in [5, 5.41) is 1.45. The average molecular weight is 351 g/mol. The van der Waals surface area contributed by atoms with E-state index in [1.165, 1.54) is 37.2 Å². The van der Waals surface area contributed by atoms with Gasteiger partial charge in [-0.3, -0.25) is 0 Å². The summed E-state index contributed by atoms with van der Waals surface area (Å²) in [7, 11) is 0. The minimum atomic E-state index is 0.515. The molecule has 0 spiro atoms. The number of thiophene rings is 1. The maximum Gasteiger partial charge on any atom is 0.122 e. The van der Waals surface area contributed by atoms with E-state index in [1.807, 2.05) is 11.3 Å². The van der Waals surface area contributed by atoms with E-state index in [9.17, 15) is 0 Å². The average Bonchev–Trinajstić information content (AvgIpc) is 2.95. The summed E-state index contributed by atoms with van der Waals surface area (Å²) in [4.78, 5) is 1.47. The summed E-state index contributed by atoms with van der Waals surface area (Å²) in [5.41, 5.74) is 5.86. The molecule has 0 fully saturated rings. The van der Waals surface area contributed by atoms with E-state index < -0.39 is 0 Å². The van der Waals surface area contributed by atoms with Crippen molar-refractivity contribution >= 4 is 21.4 Å². The fourth-order valence-electron chi connectivity index (χ4n) is 4.22. The van der Waals surface area contributed by atoms with Crippen LogP contribution in [0.1, 0.15) is 53.3 Å². The molecule has 25 heavy (non-hydrogen) atoms. The zero-order valence-corrected chi connectivity index (χ0v) is 16.2. The zero-order valence-electron chi connectivity index (χ0n) is 15.4. The lowest BCUT2D eigenvalue weighted by molar-refractivity contribution is 0.287. The van der Waals surface area contributed by atoms with Gasteiger partial charge in [0.1, 0.15) is 5.75 Å². The molecule has 2 aromatic carbocycles. The molecule has 1 atom stereocenters. The fraction of sp³-hybridized carbons (Fsp3) is 0.391. The molecule has 2 heteroatoms. The first-order chi connectivity index (χ1) is 12.2. The van der Waals surface area contributed by atoms with Gasteiger partial charge in [-0.25, -0.2) is 0 Å². The Bertz CT molecular complexity index is 906. The van der Waals surface area contributed by atoms with E-state index in [1.54, 1.807) is 0 Å². The first-order valence-electron chi connectivity index (χ1n) is 9.43. The molecule has 0 aliphatic carbocycles. The van der Waals surface area contributed by atoms with Crippen molar-refractivity contribution in [3.05, 3.63) is 63.5 Å². The minimum absolute atomic E-state index is 0.515. The molecule has 0 radical (unpaired) electrons. The Hall–Kier alpha value is -1.80. The summed E-state index contributed by atoms with van der Waals surface area (Å²) in [6.07, 6.45) is 4.50. The number of rotatable bonds is 4. The first kappa shape index (κ1) is 16.7. The van der Waals surface area contributed by atoms with Crippen LogP contribution in [0.25, 0.3) is 10.1 Å². The van der Waals surface area contributed by atoms with Gasteiger partial charge >= 0.3 is 0 Å². The summed E-state index contributed by atoms with van der Waals surface area (Å²) in [5.74, 6) is 1.62. The molecule has 0 bridgehead atoms. The van der Waals surface area contributed by atoms with Gasteiger partial charge < -0.3 is 4.74 Å². The lowest BCUT2D eigenvalue weighted by Gasteiger charge is -2.23. The zero-order chi connectivity index (χ0) is 17.4. The van der Waals surface area contributed by atoms with Crippen molar-refractivity contribution in [3.63, 3.8) is 0 Å². The second-order valence-corrected chi connectivity index (χ2v) is 8.46. The van der Waals surface area contributed by atoms with Gasteiger partial charge in [0.05, 0.1) is 6.61 Å². The molecule has 0 saturated carbocycles. The SMILES string of the molecule is CCc1c(C)sc2cc(CC(C)c3cccc4c3CCCO4)ccc12. The van der Waals surface area contributed by atoms with Crippen LogP contribution in [0.15, 0.2) is 36.4 Å². The van der Waals surface area contributed by atoms with Crippen LogP contribution < -0.4 is 4.74 Å². The molecule has 1 nitrogen and oxygen atoms in total. The molecular weight excluding hydrogens is 324 g/mol. The van der Waals surface area contributed by atoms with Crippen molar-refractivity contribution in [3.8, 4) is 5.75 Å². The van der Waals surface area contributed by atoms with E-state index in [2.05, 4.69) is 57.2 Å². The fourth-order valence-corrected chi connectivity index (χ4v) is 5.44. The standard InChI is InChI=1S/C23H26OS/c1-4-18-16(3)25-23-14-17(10-11-21(18)23)13-15(2)19-7-5-9-22-20(19)8-6-12-24-22/h5,7,9-11,14-15H,4,6,8,12-13H2,1-3H3. The molecule has 3 aromatic rings. The molecule has 130 valence electrons. The van der Waals surface area contributed by atoms with Crippen molar-refractivity contribution in [1.29, 1.82) is 0 Å². The van der Waals surface area contributed by atoms with Crippen molar-refractivity contribution in [2.45, 2.75) is 52.4 Å². The van der Waals surface area contributed by atoms with Crippen LogP contribution in [-0.2, 0) is 19.3 Å². The number of hydrogen-bond donors (Lipinski definition) is 0. The first-order valence-corrected chi connectivity index (χ1v) is 10.2. The number of aryl methyl sites for hydroxylation is 2. The van der Waals surface area contributed by atoms with Crippen LogP contribution in [0.4, 0.5) is 0 Å². The predicted octanol–water partition coefficient (Wildman–Crippen LogP) is 6.44. The summed E-state index contributed by atoms with van der Waals surface area (Å²) >= 11 is 1.94. The molecular formula is C23H26OS. The Morgan fingerprint density at radius 1 is 1.20 bits per heavy atom. The van der Waals surface area contributed by atoms with Gasteiger partial charge in [-0.05, 0) is 78.3 Å². The van der Waals surface area contributed by atoms with Crippen LogP contribution in [0, 0.1) is 6.92 Å². The van der Waals surface area contributed by atoms with Crippen LogP contribution in [-0.4, -0.2) is 6.61 Å². The van der Waals surface area contributed by atoms with Crippen LogP contribution in [0.2, 0.25) is 0 Å². The van der Waals surface area contributed by atoms with Gasteiger partial charge in [0.15, 0.2) is 0 Å². The maximum absolute atomic E-state index is 5.85. The summed E-state index contributed by atoms with van der Waals surface area (Å²) < 4.78 is 7.29. The van der Waals surface area contributed by atoms with E-state index in [-0.39, 0.29) is 0 Å². The Morgan fingerprint density at radius 2 is 2.08 bits per heavy atom. The second kappa shape index (κ2) is 6.84. The minimum Gasteiger partial charge on any atom is -0.493 e. The third-order valence-corrected chi connectivity index (χ3v) is 6.59. The van der Waals surface area contributed by atoms with Gasteiger partial charge in [0, 0.05) is 9.58 Å². The molecule has 1 aliphatic rings. The number of ether oxygens (including phenoxy) is 1. The molecule has 4 rings (SSSR count). The van der Waals surface area contributed by atoms with Gasteiger partial charge in [-0.2, -0.15) is 0 Å². The molecule has 0 N–H and O–H groups in total. The van der Waals surface area contributed by atoms with E-state index >= 15 is 0 Å². The molecule has 2 heterocycles. The Morgan fingerprint density at radius 3 is 2.92 bits per heavy atom. The molecule has 1 unspecified atom stereocenters. The highest BCUT2D eigenvalue weighted by Crippen LogP contribution is 2.35. The molecule has 0 saturated heterocycles. The maximum atomic E-state index is 5.85. The van der Waals surface area contributed by atoms with Crippen molar-refractivity contribution < 1.29 is 4.74 Å². The van der Waals surface area contributed by atoms with Crippen LogP contribution in [0.5, 0.6) is 5.75 Å². The molecule has 0 amide bonds. The smallest absolute Gasteiger partial charge is 0.122 e. The molecule has 1 aliphatic heterocycles. The largest absolute Gasteiger partial charge is 0.493 e. The van der Waals surface area contributed by atoms with Gasteiger partial charge in [0.2, 0.25) is 0 Å². The highest BCUT2D eigenvalue weighted by atomic mass is 32.1. The van der Waals surface area contributed by atoms with E-state index in [4.69, 9.17) is 4.74 Å². The Kier molecular flexibility index (Phi) is 4.56. The predicted molar refractivity (Wildman–Crippen MR) is 108 cm³/mol. The third kappa shape index (κ3) is 3.08. The van der Waals surface area contributed by atoms with Crippen molar-refractivity contribution in [2.75, 3.05) is 6.61 Å². The number of hydrogen-bond acceptors (Lipinski definition) is 2. The number of fused-ring (bicyclic) bond motifs is 2. The topological polar surface area (TPSA) is 9.23 Å². The van der Waals surface area contributed by atoms with E-state index in [0.717, 1.165) is 38.0 Å². The van der Waals surface area contributed by atoms with Gasteiger partial charge in [-0.15, -0.1) is 11.3 Å². The highest BCUT2D eigenvalue weighted by Gasteiger charge is 2.18. The quantitative estimate of drug-likeness (QED) is 0.526. The van der Waals surface area contributed by atoms with Crippen molar-refractivity contribution in [2.24, 2.45) is 0 Å². The summed E-state index contributed by atoms with van der Waals surface area (Å²) in [6, 6.07) is 13.6. The van der Waals surface area contributed by atoms with Gasteiger partial charge in [0.25, 0.3) is 0 Å². The number of benzene rings is 2. The van der Waals surface area contributed by atoms with E-state index in [0.29, 0.717) is 5.92 Å². The second-order valence-electron chi connectivity index (χ2n) is 7.20. The van der Waals surface area contributed by atoms with Gasteiger partial charge in [-0.1, -0.05) is 38.1 Å². The lowest BCUT2D eigenvalue weighted by atomic mass is 9.87. The third-order valence-electron chi connectivity index (χ3n) is 5.48. The normalized spacial score (nSPS) is 15.0.